The fraction of sp³-hybridized carbons (Fsp3) is 0.923. The number of nitrogens with one attached hydrogen (secondary N) is 1. The SMILES string of the molecule is CCN(C1CNC1)S(=O)(=O)N1CC(CCCB(O)O)C(C(=O)O)C1. The highest BCUT2D eigenvalue weighted by molar-refractivity contribution is 7.86. The van der Waals surface area contributed by atoms with E-state index in [4.69, 9.17) is 10.0 Å². The van der Waals surface area contributed by atoms with E-state index in [0.717, 1.165) is 0 Å². The summed E-state index contributed by atoms with van der Waals surface area (Å²) in [6, 6.07) is -0.0770. The molecule has 2 heterocycles. The Morgan fingerprint density at radius 3 is 2.46 bits per heavy atom. The van der Waals surface area contributed by atoms with Crippen molar-refractivity contribution in [2.75, 3.05) is 32.7 Å². The summed E-state index contributed by atoms with van der Waals surface area (Å²) in [5.74, 6) is -2.07. The molecule has 138 valence electrons. The van der Waals surface area contributed by atoms with Gasteiger partial charge in [-0.3, -0.25) is 4.79 Å². The predicted octanol–water partition coefficient (Wildman–Crippen LogP) is -1.59. The topological polar surface area (TPSA) is 130 Å². The first-order valence-corrected chi connectivity index (χ1v) is 9.73. The van der Waals surface area contributed by atoms with E-state index < -0.39 is 29.2 Å². The first-order chi connectivity index (χ1) is 11.3. The molecule has 0 aromatic carbocycles. The summed E-state index contributed by atoms with van der Waals surface area (Å²) in [5.41, 5.74) is 0. The zero-order chi connectivity index (χ0) is 17.9. The van der Waals surface area contributed by atoms with Crippen LogP contribution in [0, 0.1) is 11.8 Å². The number of hydrogen-bond acceptors (Lipinski definition) is 6. The standard InChI is InChI=1S/C13H26BN3O6S/c1-2-17(11-6-15-7-11)24(22,23)16-8-10(4-3-5-14(20)21)12(9-16)13(18)19/h10-12,15,20-21H,2-9H2,1H3,(H,18,19). The molecule has 2 aliphatic heterocycles. The third-order valence-corrected chi connectivity index (χ3v) is 6.96. The number of likely N-dealkylation sites (N-methyl/N-ethyl adjacent to an activating group) is 1. The first-order valence-electron chi connectivity index (χ1n) is 8.34. The summed E-state index contributed by atoms with van der Waals surface area (Å²) < 4.78 is 28.4. The van der Waals surface area contributed by atoms with E-state index in [1.807, 2.05) is 0 Å². The zero-order valence-corrected chi connectivity index (χ0v) is 14.7. The molecular weight excluding hydrogens is 337 g/mol. The maximum absolute atomic E-state index is 12.8. The lowest BCUT2D eigenvalue weighted by molar-refractivity contribution is -0.142. The van der Waals surface area contributed by atoms with Crippen LogP contribution in [0.2, 0.25) is 6.32 Å². The monoisotopic (exact) mass is 363 g/mol. The Bertz CT molecular complexity index is 542. The van der Waals surface area contributed by atoms with E-state index in [1.54, 1.807) is 6.92 Å². The van der Waals surface area contributed by atoms with Crippen LogP contribution >= 0.6 is 0 Å². The molecule has 0 bridgehead atoms. The van der Waals surface area contributed by atoms with Gasteiger partial charge in [0.15, 0.2) is 0 Å². The summed E-state index contributed by atoms with van der Waals surface area (Å²) in [4.78, 5) is 11.5. The highest BCUT2D eigenvalue weighted by atomic mass is 32.2. The van der Waals surface area contributed by atoms with Crippen LogP contribution in [0.4, 0.5) is 0 Å². The van der Waals surface area contributed by atoms with Gasteiger partial charge in [-0.1, -0.05) is 13.3 Å². The maximum atomic E-state index is 12.8. The van der Waals surface area contributed by atoms with Crippen LogP contribution in [0.3, 0.4) is 0 Å². The summed E-state index contributed by atoms with van der Waals surface area (Å²) in [7, 11) is -5.11. The number of hydrogen-bond donors (Lipinski definition) is 4. The van der Waals surface area contributed by atoms with Gasteiger partial charge in [-0.2, -0.15) is 17.0 Å². The van der Waals surface area contributed by atoms with Crippen molar-refractivity contribution in [3.8, 4) is 0 Å². The Morgan fingerprint density at radius 2 is 2.00 bits per heavy atom. The average Bonchev–Trinajstić information content (AvgIpc) is 2.87. The van der Waals surface area contributed by atoms with E-state index in [2.05, 4.69) is 5.32 Å². The van der Waals surface area contributed by atoms with E-state index in [1.165, 1.54) is 8.61 Å². The maximum Gasteiger partial charge on any atom is 0.451 e. The van der Waals surface area contributed by atoms with Gasteiger partial charge < -0.3 is 20.5 Å². The second kappa shape index (κ2) is 8.11. The summed E-state index contributed by atoms with van der Waals surface area (Å²) >= 11 is 0. The molecule has 2 rings (SSSR count). The molecule has 24 heavy (non-hydrogen) atoms. The molecule has 0 aliphatic carbocycles. The molecule has 0 radical (unpaired) electrons. The first kappa shape index (κ1) is 19.6. The lowest BCUT2D eigenvalue weighted by Gasteiger charge is -2.38. The Labute approximate surface area is 143 Å². The van der Waals surface area contributed by atoms with Crippen LogP contribution in [0.15, 0.2) is 0 Å². The van der Waals surface area contributed by atoms with Crippen molar-refractivity contribution >= 4 is 23.3 Å². The van der Waals surface area contributed by atoms with Gasteiger partial charge in [-0.05, 0) is 18.7 Å². The molecule has 0 aromatic heterocycles. The highest BCUT2D eigenvalue weighted by Gasteiger charge is 2.45. The smallest absolute Gasteiger partial charge is 0.451 e. The summed E-state index contributed by atoms with van der Waals surface area (Å²) in [5, 5.41) is 30.2. The lowest BCUT2D eigenvalue weighted by atomic mass is 9.80. The molecule has 2 saturated heterocycles. The second-order valence-electron chi connectivity index (χ2n) is 6.46. The van der Waals surface area contributed by atoms with Crippen LogP contribution in [-0.4, -0.2) is 84.0 Å². The minimum Gasteiger partial charge on any atom is -0.481 e. The molecule has 0 amide bonds. The van der Waals surface area contributed by atoms with E-state index in [9.17, 15) is 18.3 Å². The fourth-order valence-corrected chi connectivity index (χ4v) is 5.27. The Balaban J connectivity index is 2.06. The quantitative estimate of drug-likeness (QED) is 0.363. The minimum absolute atomic E-state index is 0.0271. The van der Waals surface area contributed by atoms with Crippen molar-refractivity contribution in [2.45, 2.75) is 32.1 Å². The van der Waals surface area contributed by atoms with Crippen molar-refractivity contribution < 1.29 is 28.4 Å². The highest BCUT2D eigenvalue weighted by Crippen LogP contribution is 2.31. The number of rotatable bonds is 9. The molecule has 0 spiro atoms. The molecule has 0 saturated carbocycles. The summed E-state index contributed by atoms with van der Waals surface area (Å²) in [6.07, 6.45) is 1.06. The number of nitrogens with zero attached hydrogens (tertiary/aromatic N) is 2. The Morgan fingerprint density at radius 1 is 1.33 bits per heavy atom. The zero-order valence-electron chi connectivity index (χ0n) is 13.8. The van der Waals surface area contributed by atoms with Gasteiger partial charge in [0.1, 0.15) is 0 Å². The predicted molar refractivity (Wildman–Crippen MR) is 88.4 cm³/mol. The van der Waals surface area contributed by atoms with Crippen molar-refractivity contribution in [3.05, 3.63) is 0 Å². The molecule has 0 aromatic rings. The van der Waals surface area contributed by atoms with Crippen LogP contribution in [0.25, 0.3) is 0 Å². The Kier molecular flexibility index (Phi) is 6.63. The van der Waals surface area contributed by atoms with Gasteiger partial charge in [0.25, 0.3) is 10.2 Å². The van der Waals surface area contributed by atoms with Crippen LogP contribution < -0.4 is 5.32 Å². The molecular formula is C13H26BN3O6S. The van der Waals surface area contributed by atoms with Crippen molar-refractivity contribution in [3.63, 3.8) is 0 Å². The molecule has 4 N–H and O–H groups in total. The van der Waals surface area contributed by atoms with Crippen molar-refractivity contribution in [1.29, 1.82) is 0 Å². The number of carbonyl (C=O) groups is 1. The number of aliphatic carboxylic acids is 1. The van der Waals surface area contributed by atoms with Gasteiger partial charge in [-0.15, -0.1) is 0 Å². The van der Waals surface area contributed by atoms with Crippen molar-refractivity contribution in [2.24, 2.45) is 11.8 Å². The third-order valence-electron chi connectivity index (χ3n) is 4.86. The molecule has 2 aliphatic rings. The lowest BCUT2D eigenvalue weighted by Crippen LogP contribution is -2.61. The Hall–Kier alpha value is -0.715. The van der Waals surface area contributed by atoms with Gasteiger partial charge in [0.05, 0.1) is 12.0 Å². The summed E-state index contributed by atoms with van der Waals surface area (Å²) in [6.45, 7) is 3.49. The molecule has 2 fully saturated rings. The third kappa shape index (κ3) is 4.27. The fourth-order valence-electron chi connectivity index (χ4n) is 3.39. The normalized spacial score (nSPS) is 25.8. The largest absolute Gasteiger partial charge is 0.481 e. The van der Waals surface area contributed by atoms with Crippen LogP contribution in [-0.2, 0) is 15.0 Å². The van der Waals surface area contributed by atoms with Crippen LogP contribution in [0.1, 0.15) is 19.8 Å². The average molecular weight is 363 g/mol. The van der Waals surface area contributed by atoms with E-state index in [0.29, 0.717) is 32.5 Å². The second-order valence-corrected chi connectivity index (χ2v) is 8.34. The van der Waals surface area contributed by atoms with Crippen molar-refractivity contribution in [1.82, 2.24) is 13.9 Å². The van der Waals surface area contributed by atoms with Gasteiger partial charge in [0.2, 0.25) is 0 Å². The van der Waals surface area contributed by atoms with Gasteiger partial charge >= 0.3 is 13.1 Å². The molecule has 11 heteroatoms. The molecule has 2 unspecified atom stereocenters. The molecule has 2 atom stereocenters. The molecule has 9 nitrogen and oxygen atoms in total. The number of carboxylic acids is 1. The van der Waals surface area contributed by atoms with Gasteiger partial charge in [0, 0.05) is 32.7 Å². The van der Waals surface area contributed by atoms with Gasteiger partial charge in [-0.25, -0.2) is 0 Å². The minimum atomic E-state index is -3.69. The number of carboxylic acid groups (broad SMARTS) is 1. The van der Waals surface area contributed by atoms with Crippen LogP contribution in [0.5, 0.6) is 0 Å². The van der Waals surface area contributed by atoms with E-state index in [-0.39, 0.29) is 31.4 Å². The van der Waals surface area contributed by atoms with E-state index >= 15 is 0 Å².